The Bertz CT molecular complexity index is 379. The van der Waals surface area contributed by atoms with Crippen LogP contribution in [0.1, 0.15) is 44.7 Å². The van der Waals surface area contributed by atoms with Crippen LogP contribution in [0.2, 0.25) is 0 Å². The molecule has 1 aromatic carbocycles. The summed E-state index contributed by atoms with van der Waals surface area (Å²) in [7, 11) is 0. The third-order valence-electron chi connectivity index (χ3n) is 3.91. The van der Waals surface area contributed by atoms with Crippen LogP contribution in [0.5, 0.6) is 0 Å². The maximum Gasteiger partial charge on any atom is 0.0236 e. The lowest BCUT2D eigenvalue weighted by atomic mass is 10.1. The van der Waals surface area contributed by atoms with Gasteiger partial charge in [-0.25, -0.2) is 0 Å². The van der Waals surface area contributed by atoms with Gasteiger partial charge in [-0.2, -0.15) is 0 Å². The SMILES string of the molecule is CCNCCc1ccc(CN(CC(C)C)C2CC2)cc1. The van der Waals surface area contributed by atoms with Gasteiger partial charge in [-0.15, -0.1) is 0 Å². The first-order valence-electron chi connectivity index (χ1n) is 8.21. The van der Waals surface area contributed by atoms with Gasteiger partial charge in [0.15, 0.2) is 0 Å². The van der Waals surface area contributed by atoms with E-state index in [0.717, 1.165) is 38.0 Å². The molecule has 20 heavy (non-hydrogen) atoms. The number of nitrogens with one attached hydrogen (secondary N) is 1. The first kappa shape index (κ1) is 15.5. The van der Waals surface area contributed by atoms with Crippen molar-refractivity contribution in [1.29, 1.82) is 0 Å². The van der Waals surface area contributed by atoms with Crippen LogP contribution >= 0.6 is 0 Å². The molecule has 1 N–H and O–H groups in total. The Kier molecular flexibility index (Phi) is 6.06. The minimum absolute atomic E-state index is 0.759. The van der Waals surface area contributed by atoms with E-state index >= 15 is 0 Å². The standard InChI is InChI=1S/C18H30N2/c1-4-19-12-11-16-5-7-17(8-6-16)14-20(13-15(2)3)18-9-10-18/h5-8,15,18-19H,4,9-14H2,1-3H3. The second-order valence-corrected chi connectivity index (χ2v) is 6.47. The Hall–Kier alpha value is -0.860. The second kappa shape index (κ2) is 7.80. The Morgan fingerprint density at radius 1 is 1.15 bits per heavy atom. The highest BCUT2D eigenvalue weighted by Gasteiger charge is 2.29. The molecule has 1 fully saturated rings. The van der Waals surface area contributed by atoms with Gasteiger partial charge in [0.05, 0.1) is 0 Å². The molecule has 2 nitrogen and oxygen atoms in total. The minimum Gasteiger partial charge on any atom is -0.317 e. The maximum atomic E-state index is 3.38. The molecule has 0 spiro atoms. The number of likely N-dealkylation sites (N-methyl/N-ethyl adjacent to an activating group) is 1. The lowest BCUT2D eigenvalue weighted by Crippen LogP contribution is -2.29. The molecule has 0 unspecified atom stereocenters. The number of hydrogen-bond acceptors (Lipinski definition) is 2. The smallest absolute Gasteiger partial charge is 0.0236 e. The van der Waals surface area contributed by atoms with Crippen LogP contribution in [0.25, 0.3) is 0 Å². The minimum atomic E-state index is 0.759. The highest BCUT2D eigenvalue weighted by atomic mass is 15.2. The van der Waals surface area contributed by atoms with Crippen LogP contribution in [0.4, 0.5) is 0 Å². The fourth-order valence-corrected chi connectivity index (χ4v) is 2.71. The average molecular weight is 274 g/mol. The molecular weight excluding hydrogens is 244 g/mol. The molecule has 0 atom stereocenters. The van der Waals surface area contributed by atoms with Crippen molar-refractivity contribution in [3.8, 4) is 0 Å². The Morgan fingerprint density at radius 3 is 2.35 bits per heavy atom. The summed E-state index contributed by atoms with van der Waals surface area (Å²) >= 11 is 0. The van der Waals surface area contributed by atoms with E-state index in [2.05, 4.69) is 55.3 Å². The first-order chi connectivity index (χ1) is 9.69. The lowest BCUT2D eigenvalue weighted by molar-refractivity contribution is 0.226. The van der Waals surface area contributed by atoms with Crippen LogP contribution < -0.4 is 5.32 Å². The van der Waals surface area contributed by atoms with Gasteiger partial charge < -0.3 is 5.32 Å². The van der Waals surface area contributed by atoms with Crippen molar-refractivity contribution in [3.05, 3.63) is 35.4 Å². The fourth-order valence-electron chi connectivity index (χ4n) is 2.71. The zero-order valence-corrected chi connectivity index (χ0v) is 13.4. The van der Waals surface area contributed by atoms with Gasteiger partial charge in [-0.3, -0.25) is 4.90 Å². The molecule has 2 heteroatoms. The van der Waals surface area contributed by atoms with Crippen molar-refractivity contribution in [2.45, 2.75) is 52.6 Å². The van der Waals surface area contributed by atoms with Crippen molar-refractivity contribution in [1.82, 2.24) is 10.2 Å². The number of hydrogen-bond donors (Lipinski definition) is 1. The second-order valence-electron chi connectivity index (χ2n) is 6.47. The van der Waals surface area contributed by atoms with Crippen molar-refractivity contribution in [3.63, 3.8) is 0 Å². The van der Waals surface area contributed by atoms with E-state index in [-0.39, 0.29) is 0 Å². The first-order valence-corrected chi connectivity index (χ1v) is 8.21. The van der Waals surface area contributed by atoms with E-state index in [4.69, 9.17) is 0 Å². The lowest BCUT2D eigenvalue weighted by Gasteiger charge is -2.24. The molecule has 1 aromatic rings. The topological polar surface area (TPSA) is 15.3 Å². The van der Waals surface area contributed by atoms with Crippen LogP contribution in [0.3, 0.4) is 0 Å². The summed E-state index contributed by atoms with van der Waals surface area (Å²) in [4.78, 5) is 2.66. The highest BCUT2D eigenvalue weighted by molar-refractivity contribution is 5.23. The van der Waals surface area contributed by atoms with E-state index in [0.29, 0.717) is 0 Å². The third kappa shape index (κ3) is 5.26. The van der Waals surface area contributed by atoms with Crippen LogP contribution in [0.15, 0.2) is 24.3 Å². The zero-order chi connectivity index (χ0) is 14.4. The Balaban J connectivity index is 1.85. The summed E-state index contributed by atoms with van der Waals surface area (Å²) in [6.45, 7) is 11.3. The maximum absolute atomic E-state index is 3.38. The normalized spacial score (nSPS) is 15.2. The van der Waals surface area contributed by atoms with Gasteiger partial charge in [0, 0.05) is 19.1 Å². The predicted molar refractivity (Wildman–Crippen MR) is 87.0 cm³/mol. The van der Waals surface area contributed by atoms with Crippen LogP contribution in [-0.4, -0.2) is 30.6 Å². The van der Waals surface area contributed by atoms with Gasteiger partial charge >= 0.3 is 0 Å². The Labute approximate surface area is 124 Å². The summed E-state index contributed by atoms with van der Waals surface area (Å²) in [6, 6.07) is 10.1. The molecule has 0 radical (unpaired) electrons. The van der Waals surface area contributed by atoms with E-state index in [1.54, 1.807) is 0 Å². The van der Waals surface area contributed by atoms with E-state index in [1.807, 2.05) is 0 Å². The monoisotopic (exact) mass is 274 g/mol. The van der Waals surface area contributed by atoms with Crippen molar-refractivity contribution in [2.24, 2.45) is 5.92 Å². The van der Waals surface area contributed by atoms with E-state index in [1.165, 1.54) is 30.5 Å². The molecule has 1 aliphatic carbocycles. The van der Waals surface area contributed by atoms with Crippen LogP contribution in [0, 0.1) is 5.92 Å². The summed E-state index contributed by atoms with van der Waals surface area (Å²) in [5.74, 6) is 0.759. The highest BCUT2D eigenvalue weighted by Crippen LogP contribution is 2.29. The number of nitrogens with zero attached hydrogens (tertiary/aromatic N) is 1. The number of benzene rings is 1. The van der Waals surface area contributed by atoms with E-state index in [9.17, 15) is 0 Å². The number of rotatable bonds is 9. The quantitative estimate of drug-likeness (QED) is 0.694. The van der Waals surface area contributed by atoms with Crippen molar-refractivity contribution < 1.29 is 0 Å². The Morgan fingerprint density at radius 2 is 1.80 bits per heavy atom. The molecule has 1 aliphatic rings. The fraction of sp³-hybridized carbons (Fsp3) is 0.667. The van der Waals surface area contributed by atoms with Gasteiger partial charge in [0.1, 0.15) is 0 Å². The molecule has 2 rings (SSSR count). The van der Waals surface area contributed by atoms with Gasteiger partial charge in [0.25, 0.3) is 0 Å². The van der Waals surface area contributed by atoms with Gasteiger partial charge in [-0.05, 0) is 49.4 Å². The van der Waals surface area contributed by atoms with E-state index < -0.39 is 0 Å². The van der Waals surface area contributed by atoms with Crippen LogP contribution in [-0.2, 0) is 13.0 Å². The summed E-state index contributed by atoms with van der Waals surface area (Å²) < 4.78 is 0. The molecule has 0 bridgehead atoms. The summed E-state index contributed by atoms with van der Waals surface area (Å²) in [6.07, 6.45) is 3.92. The zero-order valence-electron chi connectivity index (χ0n) is 13.4. The summed E-state index contributed by atoms with van der Waals surface area (Å²) in [5, 5.41) is 3.38. The summed E-state index contributed by atoms with van der Waals surface area (Å²) in [5.41, 5.74) is 2.90. The third-order valence-corrected chi connectivity index (χ3v) is 3.91. The molecule has 0 amide bonds. The van der Waals surface area contributed by atoms with Gasteiger partial charge in [-0.1, -0.05) is 45.0 Å². The predicted octanol–water partition coefficient (Wildman–Crippen LogP) is 3.46. The average Bonchev–Trinajstić information content (AvgIpc) is 3.24. The molecule has 112 valence electrons. The molecule has 0 heterocycles. The van der Waals surface area contributed by atoms with Crippen molar-refractivity contribution in [2.75, 3.05) is 19.6 Å². The molecule has 0 saturated heterocycles. The molecule has 0 aliphatic heterocycles. The van der Waals surface area contributed by atoms with Gasteiger partial charge in [0.2, 0.25) is 0 Å². The molecule has 1 saturated carbocycles. The largest absolute Gasteiger partial charge is 0.317 e. The van der Waals surface area contributed by atoms with Crippen molar-refractivity contribution >= 4 is 0 Å². The molecule has 0 aromatic heterocycles. The molecular formula is C18H30N2.